The molecular formula is C34H62N3O7PS2. The van der Waals surface area contributed by atoms with E-state index in [1.54, 1.807) is 7.11 Å². The van der Waals surface area contributed by atoms with Crippen LogP contribution in [0, 0.1) is 5.92 Å². The first-order valence-corrected chi connectivity index (χ1v) is 21.0. The highest BCUT2D eigenvalue weighted by atomic mass is 32.5. The summed E-state index contributed by atoms with van der Waals surface area (Å²) in [5.41, 5.74) is -1.05. The Morgan fingerprint density at radius 1 is 0.936 bits per heavy atom. The first-order chi connectivity index (χ1) is 22.7. The van der Waals surface area contributed by atoms with E-state index in [1.807, 2.05) is 0 Å². The summed E-state index contributed by atoms with van der Waals surface area (Å²) in [5.74, 6) is -0.312. The molecule has 272 valence electrons. The van der Waals surface area contributed by atoms with Crippen LogP contribution in [-0.2, 0) is 30.3 Å². The molecule has 0 amide bonds. The zero-order valence-electron chi connectivity index (χ0n) is 29.1. The van der Waals surface area contributed by atoms with Gasteiger partial charge in [0.1, 0.15) is 18.4 Å². The smallest absolute Gasteiger partial charge is 0.330 e. The molecule has 0 radical (unpaired) electrons. The molecule has 3 N–H and O–H groups in total. The van der Waals surface area contributed by atoms with E-state index in [0.717, 1.165) is 50.1 Å². The minimum absolute atomic E-state index is 0.184. The van der Waals surface area contributed by atoms with Crippen LogP contribution >= 0.6 is 18.9 Å². The molecule has 1 fully saturated rings. The first-order valence-electron chi connectivity index (χ1n) is 18.0. The molecule has 1 saturated heterocycles. The fourth-order valence-electron chi connectivity index (χ4n) is 6.30. The number of H-pyrrole nitrogens is 1. The first kappa shape index (κ1) is 42.2. The van der Waals surface area contributed by atoms with Crippen molar-refractivity contribution in [1.29, 1.82) is 0 Å². The van der Waals surface area contributed by atoms with Crippen molar-refractivity contribution in [2.24, 2.45) is 5.92 Å². The van der Waals surface area contributed by atoms with Crippen molar-refractivity contribution in [3.05, 3.63) is 33.1 Å². The summed E-state index contributed by atoms with van der Waals surface area (Å²) >= 11 is 10.7. The van der Waals surface area contributed by atoms with Crippen LogP contribution in [0.1, 0.15) is 142 Å². The van der Waals surface area contributed by atoms with E-state index in [9.17, 15) is 14.5 Å². The fraction of sp³-hybridized carbons (Fsp3) is 0.853. The highest BCUT2D eigenvalue weighted by molar-refractivity contribution is 8.07. The number of thiocarbonyl (C=S) groups is 1. The summed E-state index contributed by atoms with van der Waals surface area (Å²) in [6, 6.07) is 1.28. The highest BCUT2D eigenvalue weighted by Crippen LogP contribution is 2.50. The molecule has 2 rings (SSSR count). The van der Waals surface area contributed by atoms with E-state index < -0.39 is 36.4 Å². The van der Waals surface area contributed by atoms with Gasteiger partial charge in [-0.15, -0.1) is 0 Å². The van der Waals surface area contributed by atoms with Crippen molar-refractivity contribution in [2.75, 3.05) is 27.4 Å². The van der Waals surface area contributed by atoms with Crippen molar-refractivity contribution in [3.8, 4) is 0 Å². The molecule has 5 atom stereocenters. The molecule has 2 heterocycles. The lowest BCUT2D eigenvalue weighted by Gasteiger charge is -2.27. The van der Waals surface area contributed by atoms with Crippen LogP contribution in [0.2, 0.25) is 0 Å². The van der Waals surface area contributed by atoms with Gasteiger partial charge in [0.05, 0.1) is 11.6 Å². The molecule has 1 aromatic heterocycles. The van der Waals surface area contributed by atoms with Crippen LogP contribution in [0.4, 0.5) is 0 Å². The number of rotatable bonds is 28. The third-order valence-corrected chi connectivity index (χ3v) is 11.0. The second-order valence-corrected chi connectivity index (χ2v) is 16.2. The minimum atomic E-state index is -3.51. The Labute approximate surface area is 293 Å². The van der Waals surface area contributed by atoms with Crippen LogP contribution in [0.5, 0.6) is 0 Å². The van der Waals surface area contributed by atoms with Crippen LogP contribution in [0.25, 0.3) is 0 Å². The van der Waals surface area contributed by atoms with Crippen LogP contribution in [-0.4, -0.2) is 59.0 Å². The molecule has 47 heavy (non-hydrogen) atoms. The van der Waals surface area contributed by atoms with E-state index in [1.165, 1.54) is 107 Å². The largest absolute Gasteiger partial charge is 0.382 e. The number of nitrogens with zero attached hydrogens (tertiary/aromatic N) is 1. The Balaban J connectivity index is 1.63. The molecule has 1 aliphatic rings. The molecule has 13 heteroatoms. The molecule has 0 spiro atoms. The van der Waals surface area contributed by atoms with Crippen LogP contribution in [0.3, 0.4) is 0 Å². The molecule has 0 aliphatic carbocycles. The SMILES string of the molecule is CCCCCCCCCCCCCCCC(=S)NCCCCCCC[C@H]1C(OP(O)(=S)OC)[C@@H](COC)O[C@H]1n1ccc(=O)[nH]c1=O. The van der Waals surface area contributed by atoms with E-state index in [2.05, 4.69) is 17.2 Å². The Morgan fingerprint density at radius 3 is 2.09 bits per heavy atom. The summed E-state index contributed by atoms with van der Waals surface area (Å²) in [6.45, 7) is -0.154. The Hall–Kier alpha value is -0.980. The number of hydrogen-bond donors (Lipinski definition) is 3. The van der Waals surface area contributed by atoms with Crippen LogP contribution in [0.15, 0.2) is 21.9 Å². The van der Waals surface area contributed by atoms with Gasteiger partial charge in [-0.05, 0) is 37.5 Å². The maximum atomic E-state index is 12.6. The molecule has 1 aliphatic heterocycles. The summed E-state index contributed by atoms with van der Waals surface area (Å²) in [6.07, 6.45) is 23.8. The lowest BCUT2D eigenvalue weighted by atomic mass is 9.93. The van der Waals surface area contributed by atoms with Crippen LogP contribution < -0.4 is 16.6 Å². The molecule has 2 unspecified atom stereocenters. The monoisotopic (exact) mass is 719 g/mol. The fourth-order valence-corrected chi connectivity index (χ4v) is 7.53. The molecular weight excluding hydrogens is 657 g/mol. The van der Waals surface area contributed by atoms with Crippen molar-refractivity contribution in [1.82, 2.24) is 14.9 Å². The normalized spacial score (nSPS) is 20.8. The summed E-state index contributed by atoms with van der Waals surface area (Å²) in [5, 5.41) is 3.43. The maximum Gasteiger partial charge on any atom is 0.330 e. The zero-order valence-corrected chi connectivity index (χ0v) is 31.7. The Bertz CT molecular complexity index is 1150. The van der Waals surface area contributed by atoms with Gasteiger partial charge < -0.3 is 28.7 Å². The van der Waals surface area contributed by atoms with Gasteiger partial charge >= 0.3 is 12.4 Å². The molecule has 0 aromatic carbocycles. The Morgan fingerprint density at radius 2 is 1.51 bits per heavy atom. The van der Waals surface area contributed by atoms with Gasteiger partial charge in [0.25, 0.3) is 5.56 Å². The lowest BCUT2D eigenvalue weighted by molar-refractivity contribution is -0.0550. The zero-order chi connectivity index (χ0) is 34.3. The molecule has 1 aromatic rings. The number of nitrogens with one attached hydrogen (secondary N) is 2. The highest BCUT2D eigenvalue weighted by Gasteiger charge is 2.48. The van der Waals surface area contributed by atoms with Crippen molar-refractivity contribution in [2.45, 2.75) is 154 Å². The minimum Gasteiger partial charge on any atom is -0.382 e. The van der Waals surface area contributed by atoms with E-state index >= 15 is 0 Å². The van der Waals surface area contributed by atoms with Gasteiger partial charge in [-0.3, -0.25) is 14.3 Å². The van der Waals surface area contributed by atoms with Gasteiger partial charge in [0.15, 0.2) is 0 Å². The average molecular weight is 720 g/mol. The van der Waals surface area contributed by atoms with E-state index in [-0.39, 0.29) is 12.5 Å². The van der Waals surface area contributed by atoms with Crippen molar-refractivity contribution in [3.63, 3.8) is 0 Å². The number of methoxy groups -OCH3 is 1. The van der Waals surface area contributed by atoms with Gasteiger partial charge in [0, 0.05) is 38.9 Å². The predicted octanol–water partition coefficient (Wildman–Crippen LogP) is 7.68. The van der Waals surface area contributed by atoms with Gasteiger partial charge in [-0.25, -0.2) is 4.79 Å². The summed E-state index contributed by atoms with van der Waals surface area (Å²) in [4.78, 5) is 38.0. The summed E-state index contributed by atoms with van der Waals surface area (Å²) < 4.78 is 23.9. The molecule has 10 nitrogen and oxygen atoms in total. The van der Waals surface area contributed by atoms with Crippen molar-refractivity contribution < 1.29 is 23.4 Å². The topological polar surface area (TPSA) is 124 Å². The number of aromatic amines is 1. The van der Waals surface area contributed by atoms with Gasteiger partial charge in [-0.2, -0.15) is 0 Å². The standard InChI is InChI=1S/C34H62N3O7PS2/c1-4-5-6-7-8-9-10-11-12-13-14-17-20-23-31(46)35-25-21-18-15-16-19-22-28-32(44-45(40,47)42-3)29(27-41-2)43-33(28)37-26-24-30(38)36-34(37)39/h24,26,28-29,32-33H,4-23,25,27H2,1-3H3,(H,35,46)(H,40,47)(H,36,38,39)/t28-,29+,32?,33+,45?/m0/s1. The number of unbranched alkanes of at least 4 members (excludes halogenated alkanes) is 16. The lowest BCUT2D eigenvalue weighted by Crippen LogP contribution is -2.35. The quantitative estimate of drug-likeness (QED) is 0.0451. The van der Waals surface area contributed by atoms with Crippen molar-refractivity contribution >= 4 is 35.7 Å². The third kappa shape index (κ3) is 17.5. The van der Waals surface area contributed by atoms with Gasteiger partial charge in [-0.1, -0.05) is 122 Å². The summed E-state index contributed by atoms with van der Waals surface area (Å²) in [7, 11) is 2.85. The second-order valence-electron chi connectivity index (χ2n) is 12.8. The maximum absolute atomic E-state index is 12.6. The third-order valence-electron chi connectivity index (χ3n) is 8.95. The number of ether oxygens (including phenoxy) is 2. The molecule has 0 saturated carbocycles. The predicted molar refractivity (Wildman–Crippen MR) is 198 cm³/mol. The van der Waals surface area contributed by atoms with E-state index in [4.69, 9.17) is 42.5 Å². The second kappa shape index (κ2) is 25.0. The molecule has 0 bridgehead atoms. The average Bonchev–Trinajstić information content (AvgIpc) is 3.36. The number of aromatic nitrogens is 2. The Kier molecular flexibility index (Phi) is 22.5. The number of hydrogen-bond acceptors (Lipinski definition) is 8. The van der Waals surface area contributed by atoms with E-state index in [0.29, 0.717) is 6.42 Å². The van der Waals surface area contributed by atoms with Gasteiger partial charge in [0.2, 0.25) is 0 Å².